The normalized spacial score (nSPS) is 17.7. The van der Waals surface area contributed by atoms with Gasteiger partial charge < -0.3 is 15.2 Å². The molecule has 3 rings (SSSR count). The molecule has 2 aromatic carbocycles. The zero-order valence-corrected chi connectivity index (χ0v) is 13.3. The fourth-order valence-corrected chi connectivity index (χ4v) is 2.85. The number of aliphatic hydroxyl groups excluding tert-OH is 1. The Bertz CT molecular complexity index is 687. The molecule has 120 valence electrons. The largest absolute Gasteiger partial charge is 0.493 e. The van der Waals surface area contributed by atoms with Gasteiger partial charge in [-0.15, -0.1) is 0 Å². The van der Waals surface area contributed by atoms with Gasteiger partial charge in [0.05, 0.1) is 25.2 Å². The summed E-state index contributed by atoms with van der Waals surface area (Å²) in [7, 11) is 0. The maximum atomic E-state index is 12.2. The molecule has 0 aliphatic carbocycles. The number of ether oxygens (including phenoxy) is 1. The molecule has 0 saturated heterocycles. The van der Waals surface area contributed by atoms with Crippen molar-refractivity contribution in [2.75, 3.05) is 6.61 Å². The van der Waals surface area contributed by atoms with Crippen LogP contribution in [0.1, 0.15) is 36.1 Å². The van der Waals surface area contributed by atoms with E-state index in [4.69, 9.17) is 16.3 Å². The van der Waals surface area contributed by atoms with Crippen LogP contribution in [0.3, 0.4) is 0 Å². The fourth-order valence-electron chi connectivity index (χ4n) is 2.72. The van der Waals surface area contributed by atoms with Crippen molar-refractivity contribution in [1.29, 1.82) is 0 Å². The summed E-state index contributed by atoms with van der Waals surface area (Å²) in [4.78, 5) is 12.2. The Morgan fingerprint density at radius 3 is 2.78 bits per heavy atom. The van der Waals surface area contributed by atoms with Gasteiger partial charge in [-0.3, -0.25) is 4.79 Å². The number of hydrogen-bond donors (Lipinski definition) is 2. The van der Waals surface area contributed by atoms with Crippen LogP contribution in [-0.2, 0) is 4.79 Å². The second-order valence-electron chi connectivity index (χ2n) is 5.57. The molecule has 2 N–H and O–H groups in total. The summed E-state index contributed by atoms with van der Waals surface area (Å²) in [5.74, 6) is 0.622. The lowest BCUT2D eigenvalue weighted by molar-refractivity contribution is -0.124. The van der Waals surface area contributed by atoms with Gasteiger partial charge in [-0.1, -0.05) is 41.9 Å². The number of aliphatic hydroxyl groups is 1. The molecule has 0 bridgehead atoms. The van der Waals surface area contributed by atoms with Gasteiger partial charge in [0.15, 0.2) is 0 Å². The molecule has 0 saturated carbocycles. The number of benzene rings is 2. The Kier molecular flexibility index (Phi) is 4.84. The van der Waals surface area contributed by atoms with Gasteiger partial charge in [-0.05, 0) is 23.8 Å². The van der Waals surface area contributed by atoms with Crippen molar-refractivity contribution >= 4 is 17.5 Å². The number of nitrogens with one attached hydrogen (secondary N) is 1. The van der Waals surface area contributed by atoms with E-state index in [2.05, 4.69) is 5.32 Å². The Morgan fingerprint density at radius 2 is 2.00 bits per heavy atom. The molecular formula is C18H18ClNO3. The zero-order valence-electron chi connectivity index (χ0n) is 12.5. The minimum absolute atomic E-state index is 0.0150. The number of carbonyl (C=O) groups excluding carboxylic acids is 1. The maximum Gasteiger partial charge on any atom is 0.223 e. The molecule has 4 nitrogen and oxygen atoms in total. The maximum absolute atomic E-state index is 12.2. The molecule has 1 heterocycles. The van der Waals surface area contributed by atoms with Crippen LogP contribution >= 0.6 is 11.6 Å². The molecule has 0 aromatic heterocycles. The monoisotopic (exact) mass is 331 g/mol. The van der Waals surface area contributed by atoms with Crippen LogP contribution in [0.5, 0.6) is 5.75 Å². The molecule has 0 radical (unpaired) electrons. The lowest BCUT2D eigenvalue weighted by atomic mass is 10.00. The van der Waals surface area contributed by atoms with Crippen LogP contribution in [-0.4, -0.2) is 17.6 Å². The molecule has 1 aliphatic rings. The second kappa shape index (κ2) is 7.02. The van der Waals surface area contributed by atoms with E-state index >= 15 is 0 Å². The molecule has 23 heavy (non-hydrogen) atoms. The van der Waals surface area contributed by atoms with Crippen LogP contribution in [0.15, 0.2) is 48.5 Å². The molecule has 1 aliphatic heterocycles. The first kappa shape index (κ1) is 15.8. The minimum atomic E-state index is -0.845. The summed E-state index contributed by atoms with van der Waals surface area (Å²) >= 11 is 5.83. The molecule has 2 unspecified atom stereocenters. The number of fused-ring (bicyclic) bond motifs is 1. The molecule has 0 fully saturated rings. The molecule has 1 amide bonds. The summed E-state index contributed by atoms with van der Waals surface area (Å²) in [6.07, 6.45) is -0.108. The first-order valence-corrected chi connectivity index (χ1v) is 7.96. The highest BCUT2D eigenvalue weighted by Crippen LogP contribution is 2.31. The van der Waals surface area contributed by atoms with Crippen molar-refractivity contribution < 1.29 is 14.6 Å². The van der Waals surface area contributed by atoms with E-state index in [9.17, 15) is 9.90 Å². The van der Waals surface area contributed by atoms with E-state index in [0.29, 0.717) is 17.2 Å². The van der Waals surface area contributed by atoms with Crippen LogP contribution < -0.4 is 10.1 Å². The van der Waals surface area contributed by atoms with Crippen molar-refractivity contribution in [2.45, 2.75) is 25.0 Å². The minimum Gasteiger partial charge on any atom is -0.493 e. The predicted octanol–water partition coefficient (Wildman–Crippen LogP) is 3.40. The third kappa shape index (κ3) is 3.84. The van der Waals surface area contributed by atoms with Crippen molar-refractivity contribution in [3.63, 3.8) is 0 Å². The third-order valence-corrected chi connectivity index (χ3v) is 4.18. The van der Waals surface area contributed by atoms with E-state index in [1.807, 2.05) is 24.3 Å². The summed E-state index contributed by atoms with van der Waals surface area (Å²) in [5, 5.41) is 13.8. The van der Waals surface area contributed by atoms with Crippen molar-refractivity contribution in [1.82, 2.24) is 5.32 Å². The van der Waals surface area contributed by atoms with Crippen molar-refractivity contribution in [2.24, 2.45) is 0 Å². The van der Waals surface area contributed by atoms with Gasteiger partial charge in [0.1, 0.15) is 5.75 Å². The number of rotatable bonds is 4. The van der Waals surface area contributed by atoms with Crippen LogP contribution in [0, 0.1) is 0 Å². The molecule has 5 heteroatoms. The van der Waals surface area contributed by atoms with Gasteiger partial charge in [0.2, 0.25) is 5.91 Å². The molecule has 2 aromatic rings. The molecular weight excluding hydrogens is 314 g/mol. The SMILES string of the molecule is O=C(CC(O)c1ccc(Cl)cc1)NC1CCOc2ccccc21. The topological polar surface area (TPSA) is 58.6 Å². The van der Waals surface area contributed by atoms with E-state index in [0.717, 1.165) is 17.7 Å². The number of para-hydroxylation sites is 1. The lowest BCUT2D eigenvalue weighted by Crippen LogP contribution is -2.32. The second-order valence-corrected chi connectivity index (χ2v) is 6.00. The quantitative estimate of drug-likeness (QED) is 0.902. The molecule has 0 spiro atoms. The van der Waals surface area contributed by atoms with Gasteiger partial charge in [-0.25, -0.2) is 0 Å². The Morgan fingerprint density at radius 1 is 1.26 bits per heavy atom. The molecule has 2 atom stereocenters. The number of hydrogen-bond acceptors (Lipinski definition) is 3. The lowest BCUT2D eigenvalue weighted by Gasteiger charge is -2.27. The zero-order chi connectivity index (χ0) is 16.2. The Balaban J connectivity index is 1.63. The standard InChI is InChI=1S/C18H18ClNO3/c19-13-7-5-12(6-8-13)16(21)11-18(22)20-15-9-10-23-17-4-2-1-3-14(15)17/h1-8,15-16,21H,9-11H2,(H,20,22). The van der Waals surface area contributed by atoms with Gasteiger partial charge >= 0.3 is 0 Å². The van der Waals surface area contributed by atoms with Crippen LogP contribution in [0.25, 0.3) is 0 Å². The summed E-state index contributed by atoms with van der Waals surface area (Å²) in [6.45, 7) is 0.571. The van der Waals surface area contributed by atoms with E-state index < -0.39 is 6.10 Å². The van der Waals surface area contributed by atoms with E-state index in [1.54, 1.807) is 24.3 Å². The first-order valence-electron chi connectivity index (χ1n) is 7.58. The van der Waals surface area contributed by atoms with Crippen LogP contribution in [0.2, 0.25) is 5.02 Å². The average Bonchev–Trinajstić information content (AvgIpc) is 2.55. The van der Waals surface area contributed by atoms with E-state index in [-0.39, 0.29) is 18.4 Å². The number of amides is 1. The van der Waals surface area contributed by atoms with Crippen LogP contribution in [0.4, 0.5) is 0 Å². The first-order chi connectivity index (χ1) is 11.1. The predicted molar refractivity (Wildman–Crippen MR) is 88.5 cm³/mol. The smallest absolute Gasteiger partial charge is 0.223 e. The van der Waals surface area contributed by atoms with E-state index in [1.165, 1.54) is 0 Å². The van der Waals surface area contributed by atoms with Gasteiger partial charge in [0.25, 0.3) is 0 Å². The fraction of sp³-hybridized carbons (Fsp3) is 0.278. The Hall–Kier alpha value is -2.04. The highest BCUT2D eigenvalue weighted by molar-refractivity contribution is 6.30. The summed E-state index contributed by atoms with van der Waals surface area (Å²) in [6, 6.07) is 14.5. The highest BCUT2D eigenvalue weighted by Gasteiger charge is 2.23. The number of carbonyl (C=O) groups is 1. The Labute approximate surface area is 140 Å². The average molecular weight is 332 g/mol. The highest BCUT2D eigenvalue weighted by atomic mass is 35.5. The van der Waals surface area contributed by atoms with Gasteiger partial charge in [0, 0.05) is 17.0 Å². The summed E-state index contributed by atoms with van der Waals surface area (Å²) in [5.41, 5.74) is 1.66. The van der Waals surface area contributed by atoms with Crippen molar-refractivity contribution in [3.05, 3.63) is 64.7 Å². The third-order valence-electron chi connectivity index (χ3n) is 3.93. The summed E-state index contributed by atoms with van der Waals surface area (Å²) < 4.78 is 5.58. The van der Waals surface area contributed by atoms with Crippen molar-refractivity contribution in [3.8, 4) is 5.75 Å². The van der Waals surface area contributed by atoms with Gasteiger partial charge in [-0.2, -0.15) is 0 Å². The number of halogens is 1.